The molecule has 0 aromatic heterocycles. The molecule has 0 saturated heterocycles. The van der Waals surface area contributed by atoms with Gasteiger partial charge in [0.2, 0.25) is 0 Å². The quantitative estimate of drug-likeness (QED) is 0.834. The monoisotopic (exact) mass is 331 g/mol. The molecule has 2 aromatic rings. The Hall–Kier alpha value is -1.13. The fourth-order valence-electron chi connectivity index (χ4n) is 1.50. The second-order valence-electron chi connectivity index (χ2n) is 3.71. The molecule has 1 N–H and O–H groups in total. The van der Waals surface area contributed by atoms with Crippen LogP contribution in [0.25, 0.3) is 0 Å². The lowest BCUT2D eigenvalue weighted by Crippen LogP contribution is -2.01. The second kappa shape index (κ2) is 5.67. The van der Waals surface area contributed by atoms with Crippen LogP contribution < -0.4 is 5.32 Å². The van der Waals surface area contributed by atoms with Gasteiger partial charge in [-0.05, 0) is 57.9 Å². The Bertz CT molecular complexity index is 575. The van der Waals surface area contributed by atoms with Gasteiger partial charge in [0.1, 0.15) is 11.6 Å². The SMILES string of the molecule is Fc1ccc(NCc2cc(F)ccc2Cl)c(Br)c1. The van der Waals surface area contributed by atoms with E-state index in [9.17, 15) is 8.78 Å². The fraction of sp³-hybridized carbons (Fsp3) is 0.0769. The first kappa shape index (κ1) is 13.3. The molecule has 0 amide bonds. The van der Waals surface area contributed by atoms with Crippen molar-refractivity contribution in [2.45, 2.75) is 6.54 Å². The van der Waals surface area contributed by atoms with Gasteiger partial charge in [0.05, 0.1) is 0 Å². The Labute approximate surface area is 117 Å². The van der Waals surface area contributed by atoms with E-state index < -0.39 is 0 Å². The summed E-state index contributed by atoms with van der Waals surface area (Å²) in [6.07, 6.45) is 0. The molecule has 0 fully saturated rings. The van der Waals surface area contributed by atoms with Crippen LogP contribution >= 0.6 is 27.5 Å². The normalized spacial score (nSPS) is 10.4. The summed E-state index contributed by atoms with van der Waals surface area (Å²) >= 11 is 9.19. The minimum Gasteiger partial charge on any atom is -0.380 e. The summed E-state index contributed by atoms with van der Waals surface area (Å²) in [5.74, 6) is -0.661. The lowest BCUT2D eigenvalue weighted by molar-refractivity contribution is 0.626. The lowest BCUT2D eigenvalue weighted by atomic mass is 10.2. The first-order chi connectivity index (χ1) is 8.56. The largest absolute Gasteiger partial charge is 0.380 e. The van der Waals surface area contributed by atoms with Crippen LogP contribution in [0.1, 0.15) is 5.56 Å². The molecule has 0 heterocycles. The Morgan fingerprint density at radius 2 is 1.72 bits per heavy atom. The van der Waals surface area contributed by atoms with Crippen molar-refractivity contribution in [2.24, 2.45) is 0 Å². The van der Waals surface area contributed by atoms with E-state index in [1.807, 2.05) is 0 Å². The molecule has 0 atom stereocenters. The first-order valence-corrected chi connectivity index (χ1v) is 6.36. The standard InChI is InChI=1S/C13H9BrClF2N/c14-11-6-10(17)2-4-13(11)18-7-8-5-9(16)1-3-12(8)15/h1-6,18H,7H2. The third-order valence-electron chi connectivity index (χ3n) is 2.41. The van der Waals surface area contributed by atoms with E-state index in [1.165, 1.54) is 30.3 Å². The van der Waals surface area contributed by atoms with Gasteiger partial charge in [-0.25, -0.2) is 8.78 Å². The molecule has 0 aliphatic carbocycles. The molecule has 0 unspecified atom stereocenters. The van der Waals surface area contributed by atoms with Crippen molar-refractivity contribution in [2.75, 3.05) is 5.32 Å². The molecule has 2 rings (SSSR count). The van der Waals surface area contributed by atoms with Gasteiger partial charge in [0.15, 0.2) is 0 Å². The summed E-state index contributed by atoms with van der Waals surface area (Å²) in [5, 5.41) is 3.55. The minimum absolute atomic E-state index is 0.323. The van der Waals surface area contributed by atoms with E-state index in [0.29, 0.717) is 21.6 Å². The van der Waals surface area contributed by atoms with E-state index in [2.05, 4.69) is 21.2 Å². The van der Waals surface area contributed by atoms with Crippen LogP contribution in [-0.2, 0) is 6.54 Å². The molecule has 0 saturated carbocycles. The van der Waals surface area contributed by atoms with Gasteiger partial charge in [-0.2, -0.15) is 0 Å². The molecule has 0 aliphatic heterocycles. The first-order valence-electron chi connectivity index (χ1n) is 5.19. The van der Waals surface area contributed by atoms with Crippen molar-refractivity contribution in [3.05, 3.63) is 63.1 Å². The lowest BCUT2D eigenvalue weighted by Gasteiger charge is -2.10. The second-order valence-corrected chi connectivity index (χ2v) is 4.97. The van der Waals surface area contributed by atoms with Crippen LogP contribution in [0.4, 0.5) is 14.5 Å². The van der Waals surface area contributed by atoms with Crippen molar-refractivity contribution in [1.29, 1.82) is 0 Å². The van der Waals surface area contributed by atoms with Gasteiger partial charge >= 0.3 is 0 Å². The van der Waals surface area contributed by atoms with Crippen LogP contribution in [0.2, 0.25) is 5.02 Å². The molecule has 0 aliphatic rings. The van der Waals surface area contributed by atoms with E-state index in [1.54, 1.807) is 6.07 Å². The highest BCUT2D eigenvalue weighted by Crippen LogP contribution is 2.25. The van der Waals surface area contributed by atoms with Crippen LogP contribution in [0.5, 0.6) is 0 Å². The molecule has 0 spiro atoms. The summed E-state index contributed by atoms with van der Waals surface area (Å²) in [6.45, 7) is 0.362. The molecule has 2 aromatic carbocycles. The molecule has 5 heteroatoms. The zero-order chi connectivity index (χ0) is 13.1. The van der Waals surface area contributed by atoms with E-state index in [0.717, 1.165) is 5.69 Å². The Kier molecular flexibility index (Phi) is 4.19. The van der Waals surface area contributed by atoms with Gasteiger partial charge in [-0.3, -0.25) is 0 Å². The Balaban J connectivity index is 2.13. The van der Waals surface area contributed by atoms with Gasteiger partial charge in [-0.1, -0.05) is 11.6 Å². The molecule has 1 nitrogen and oxygen atoms in total. The number of rotatable bonds is 3. The summed E-state index contributed by atoms with van der Waals surface area (Å²) in [5.41, 5.74) is 1.37. The maximum atomic E-state index is 13.1. The number of halogens is 4. The van der Waals surface area contributed by atoms with Crippen molar-refractivity contribution in [1.82, 2.24) is 0 Å². The topological polar surface area (TPSA) is 12.0 Å². The van der Waals surface area contributed by atoms with Crippen molar-refractivity contribution in [3.8, 4) is 0 Å². The van der Waals surface area contributed by atoms with E-state index in [4.69, 9.17) is 11.6 Å². The minimum atomic E-state index is -0.339. The number of anilines is 1. The van der Waals surface area contributed by atoms with E-state index in [-0.39, 0.29) is 11.6 Å². The van der Waals surface area contributed by atoms with Crippen molar-refractivity contribution in [3.63, 3.8) is 0 Å². The summed E-state index contributed by atoms with van der Waals surface area (Å²) in [7, 11) is 0. The zero-order valence-corrected chi connectivity index (χ0v) is 11.5. The predicted molar refractivity (Wildman–Crippen MR) is 72.8 cm³/mol. The van der Waals surface area contributed by atoms with Crippen LogP contribution in [0.3, 0.4) is 0 Å². The number of benzene rings is 2. The Morgan fingerprint density at radius 3 is 2.44 bits per heavy atom. The summed E-state index contributed by atoms with van der Waals surface area (Å²) in [6, 6.07) is 8.49. The zero-order valence-electron chi connectivity index (χ0n) is 9.18. The van der Waals surface area contributed by atoms with Gasteiger partial charge < -0.3 is 5.32 Å². The molecule has 0 radical (unpaired) electrons. The average Bonchev–Trinajstić information content (AvgIpc) is 2.32. The number of hydrogen-bond donors (Lipinski definition) is 1. The highest BCUT2D eigenvalue weighted by Gasteiger charge is 2.04. The van der Waals surface area contributed by atoms with Gasteiger partial charge in [-0.15, -0.1) is 0 Å². The van der Waals surface area contributed by atoms with Crippen LogP contribution in [0, 0.1) is 11.6 Å². The maximum absolute atomic E-state index is 13.1. The van der Waals surface area contributed by atoms with E-state index >= 15 is 0 Å². The fourth-order valence-corrected chi connectivity index (χ4v) is 2.18. The predicted octanol–water partition coefficient (Wildman–Crippen LogP) is 4.99. The highest BCUT2D eigenvalue weighted by atomic mass is 79.9. The average molecular weight is 333 g/mol. The third kappa shape index (κ3) is 3.21. The maximum Gasteiger partial charge on any atom is 0.124 e. The molecular weight excluding hydrogens is 324 g/mol. The Morgan fingerprint density at radius 1 is 1.06 bits per heavy atom. The number of hydrogen-bond acceptors (Lipinski definition) is 1. The van der Waals surface area contributed by atoms with Crippen LogP contribution in [0.15, 0.2) is 40.9 Å². The van der Waals surface area contributed by atoms with Gasteiger partial charge in [0, 0.05) is 21.7 Å². The third-order valence-corrected chi connectivity index (χ3v) is 3.43. The summed E-state index contributed by atoms with van der Waals surface area (Å²) < 4.78 is 26.6. The molecule has 0 bridgehead atoms. The van der Waals surface area contributed by atoms with Crippen molar-refractivity contribution < 1.29 is 8.78 Å². The highest BCUT2D eigenvalue weighted by molar-refractivity contribution is 9.10. The smallest absolute Gasteiger partial charge is 0.124 e. The van der Waals surface area contributed by atoms with Gasteiger partial charge in [0.25, 0.3) is 0 Å². The molecular formula is C13H9BrClF2N. The number of nitrogens with one attached hydrogen (secondary N) is 1. The molecule has 94 valence electrons. The molecule has 18 heavy (non-hydrogen) atoms. The summed E-state index contributed by atoms with van der Waals surface area (Å²) in [4.78, 5) is 0. The van der Waals surface area contributed by atoms with Crippen LogP contribution in [-0.4, -0.2) is 0 Å². The van der Waals surface area contributed by atoms with Crippen molar-refractivity contribution >= 4 is 33.2 Å².